The summed E-state index contributed by atoms with van der Waals surface area (Å²) in [6.45, 7) is -1.54. The summed E-state index contributed by atoms with van der Waals surface area (Å²) < 4.78 is 56.2. The number of carboxylic acids is 1. The Morgan fingerprint density at radius 1 is 1.25 bits per heavy atom. The van der Waals surface area contributed by atoms with Crippen LogP contribution in [0.2, 0.25) is 0 Å². The fraction of sp³-hybridized carbons (Fsp3) is 0.400. The Bertz CT molecular complexity index is 1950. The maximum absolute atomic E-state index is 13.0. The Hall–Kier alpha value is -4.55. The number of aliphatic carboxylic acids is 1. The molecule has 3 amide bonds. The van der Waals surface area contributed by atoms with Gasteiger partial charge in [-0.05, 0) is 11.4 Å². The molecule has 48 heavy (non-hydrogen) atoms. The third kappa shape index (κ3) is 6.59. The van der Waals surface area contributed by atoms with Crippen molar-refractivity contribution in [2.75, 3.05) is 24.7 Å². The van der Waals surface area contributed by atoms with Gasteiger partial charge in [0.2, 0.25) is 5.91 Å². The molecule has 20 nitrogen and oxygen atoms in total. The standard InChI is InChI=1S/C25H26N8O12S3/c26-20-17-21(28-9-27-20)32(10-29-17)16-5-13(34)14(45-16)7-44-48(41,42)31-25(39)43-6-11-8-47(40)23-18(22(36)33(23)19(11)24(37)38)30-15(35)4-12-2-1-3-46-12/h1-3,9-10,13-14,16,18,23,34H,4-8H2,(H,30,35)(H,31,39)(H,37,38)(H2,26,27,28)/t13-,14+,16+,18+,23+,47?/m0/s1. The molecule has 0 spiro atoms. The molecule has 3 aliphatic heterocycles. The summed E-state index contributed by atoms with van der Waals surface area (Å²) in [5.74, 6) is -3.22. The summed E-state index contributed by atoms with van der Waals surface area (Å²) in [6.07, 6.45) is -2.10. The molecule has 0 aliphatic carbocycles. The van der Waals surface area contributed by atoms with Crippen LogP contribution in [-0.2, 0) is 55.6 Å². The molecule has 6 heterocycles. The number of nitrogens with one attached hydrogen (secondary N) is 2. The first-order valence-corrected chi connectivity index (χ1v) is 17.6. The minimum atomic E-state index is -4.82. The molecule has 0 bridgehead atoms. The van der Waals surface area contributed by atoms with Gasteiger partial charge >= 0.3 is 22.4 Å². The van der Waals surface area contributed by atoms with Gasteiger partial charge in [-0.15, -0.1) is 11.3 Å². The van der Waals surface area contributed by atoms with E-state index >= 15 is 0 Å². The first-order valence-electron chi connectivity index (χ1n) is 13.9. The Morgan fingerprint density at radius 2 is 2.04 bits per heavy atom. The molecule has 23 heteroatoms. The number of aromatic nitrogens is 4. The number of hydrogen-bond acceptors (Lipinski definition) is 16. The monoisotopic (exact) mass is 726 g/mol. The molecule has 0 radical (unpaired) electrons. The van der Waals surface area contributed by atoms with E-state index < -0.39 is 99.5 Å². The third-order valence-corrected chi connectivity index (χ3v) is 10.9. The second-order valence-electron chi connectivity index (χ2n) is 10.6. The SMILES string of the molecule is Nc1ncnc2c1ncn2[C@H]1C[C@H](O)[C@@H](COS(=O)(=O)NC(=O)OCC2=C(C(=O)O)N3C(=O)[C@@H](NC(=O)Cc4cccs4)[C@H]3S(=O)C2)O1. The topological polar surface area (TPSA) is 285 Å². The number of nitrogens with two attached hydrogens (primary N) is 1. The molecule has 2 fully saturated rings. The van der Waals surface area contributed by atoms with Gasteiger partial charge in [-0.25, -0.2) is 24.5 Å². The van der Waals surface area contributed by atoms with Crippen LogP contribution < -0.4 is 15.8 Å². The summed E-state index contributed by atoms with van der Waals surface area (Å²) in [6, 6.07) is 2.26. The largest absolute Gasteiger partial charge is 0.477 e. The lowest BCUT2D eigenvalue weighted by atomic mass is 10.0. The zero-order chi connectivity index (χ0) is 34.3. The average molecular weight is 727 g/mol. The number of carbonyl (C=O) groups excluding carboxylic acids is 3. The summed E-state index contributed by atoms with van der Waals surface area (Å²) in [7, 11) is -6.73. The number of carbonyl (C=O) groups is 4. The van der Waals surface area contributed by atoms with Gasteiger partial charge in [-0.3, -0.25) is 27.4 Å². The highest BCUT2D eigenvalue weighted by Crippen LogP contribution is 2.35. The minimum Gasteiger partial charge on any atom is -0.477 e. The quantitative estimate of drug-likeness (QED) is 0.135. The zero-order valence-corrected chi connectivity index (χ0v) is 26.8. The summed E-state index contributed by atoms with van der Waals surface area (Å²) in [5, 5.41) is 23.3. The lowest BCUT2D eigenvalue weighted by Gasteiger charge is -2.48. The van der Waals surface area contributed by atoms with E-state index in [4.69, 9.17) is 19.4 Å². The van der Waals surface area contributed by atoms with Gasteiger partial charge in [0.1, 0.15) is 47.9 Å². The number of aliphatic hydroxyl groups excluding tert-OH is 1. The number of rotatable bonds is 11. The molecular formula is C25H26N8O12S3. The van der Waals surface area contributed by atoms with Crippen LogP contribution in [0.5, 0.6) is 0 Å². The first kappa shape index (κ1) is 33.4. The van der Waals surface area contributed by atoms with Gasteiger partial charge in [0.15, 0.2) is 11.5 Å². The van der Waals surface area contributed by atoms with Crippen LogP contribution in [0.3, 0.4) is 0 Å². The van der Waals surface area contributed by atoms with E-state index in [2.05, 4.69) is 20.3 Å². The van der Waals surface area contributed by atoms with E-state index in [1.165, 1.54) is 33.3 Å². The van der Waals surface area contributed by atoms with Crippen LogP contribution in [0.1, 0.15) is 17.5 Å². The number of β-lactam (4-membered cyclic amide) rings is 1. The van der Waals surface area contributed by atoms with E-state index in [1.807, 2.05) is 0 Å². The second-order valence-corrected chi connectivity index (χ2v) is 14.5. The molecule has 3 aromatic heterocycles. The molecule has 6 rings (SSSR count). The van der Waals surface area contributed by atoms with Gasteiger partial charge in [0, 0.05) is 16.9 Å². The Labute approximate surface area is 276 Å². The van der Waals surface area contributed by atoms with Crippen LogP contribution in [0.4, 0.5) is 10.6 Å². The van der Waals surface area contributed by atoms with Gasteiger partial charge < -0.3 is 30.7 Å². The predicted molar refractivity (Wildman–Crippen MR) is 162 cm³/mol. The molecule has 3 aromatic rings. The van der Waals surface area contributed by atoms with Gasteiger partial charge in [-0.2, -0.15) is 13.1 Å². The molecule has 6 N–H and O–H groups in total. The highest BCUT2D eigenvalue weighted by molar-refractivity contribution is 7.86. The molecule has 1 unspecified atom stereocenters. The number of nitrogens with zero attached hydrogens (tertiary/aromatic N) is 5. The zero-order valence-electron chi connectivity index (χ0n) is 24.3. The highest BCUT2D eigenvalue weighted by Gasteiger charge is 2.57. The number of nitrogen functional groups attached to an aromatic ring is 1. The van der Waals surface area contributed by atoms with Crippen molar-refractivity contribution in [1.82, 2.24) is 34.5 Å². The fourth-order valence-corrected chi connectivity index (χ4v) is 8.35. The van der Waals surface area contributed by atoms with Crippen molar-refractivity contribution in [3.63, 3.8) is 0 Å². The number of aliphatic hydroxyl groups is 1. The molecule has 0 saturated carbocycles. The van der Waals surface area contributed by atoms with Gasteiger partial charge in [-0.1, -0.05) is 6.07 Å². The van der Waals surface area contributed by atoms with E-state index in [0.29, 0.717) is 11.2 Å². The number of anilines is 1. The van der Waals surface area contributed by atoms with E-state index in [-0.39, 0.29) is 24.2 Å². The fourth-order valence-electron chi connectivity index (χ4n) is 5.35. The summed E-state index contributed by atoms with van der Waals surface area (Å²) in [4.78, 5) is 63.2. The first-order chi connectivity index (χ1) is 22.8. The summed E-state index contributed by atoms with van der Waals surface area (Å²) in [5.41, 5.74) is 5.60. The molecule has 3 aliphatic rings. The summed E-state index contributed by atoms with van der Waals surface area (Å²) >= 11 is 1.33. The molecule has 0 aromatic carbocycles. The second kappa shape index (κ2) is 13.2. The lowest BCUT2D eigenvalue weighted by Crippen LogP contribution is -2.73. The number of ether oxygens (including phenoxy) is 2. The van der Waals surface area contributed by atoms with Crippen molar-refractivity contribution < 1.29 is 55.7 Å². The van der Waals surface area contributed by atoms with Crippen LogP contribution in [-0.4, -0.2) is 114 Å². The number of carboxylic acid groups (broad SMARTS) is 1. The highest BCUT2D eigenvalue weighted by atomic mass is 32.2. The van der Waals surface area contributed by atoms with Crippen LogP contribution in [0.25, 0.3) is 11.2 Å². The smallest absolute Gasteiger partial charge is 0.423 e. The number of thiophene rings is 1. The maximum Gasteiger partial charge on any atom is 0.423 e. The van der Waals surface area contributed by atoms with Crippen molar-refractivity contribution in [2.45, 2.75) is 42.7 Å². The van der Waals surface area contributed by atoms with Crippen molar-refractivity contribution in [1.29, 1.82) is 0 Å². The Morgan fingerprint density at radius 3 is 2.77 bits per heavy atom. The van der Waals surface area contributed by atoms with Crippen LogP contribution in [0.15, 0.2) is 41.4 Å². The van der Waals surface area contributed by atoms with Crippen molar-refractivity contribution in [3.8, 4) is 0 Å². The minimum absolute atomic E-state index is 0.0178. The number of fused-ring (bicyclic) bond motifs is 2. The molecule has 2 saturated heterocycles. The van der Waals surface area contributed by atoms with Crippen LogP contribution >= 0.6 is 11.3 Å². The Balaban J connectivity index is 1.02. The maximum atomic E-state index is 13.0. The van der Waals surface area contributed by atoms with Gasteiger partial charge in [0.05, 0.1) is 42.0 Å². The van der Waals surface area contributed by atoms with Crippen LogP contribution in [0, 0.1) is 0 Å². The normalized spacial score (nSPS) is 25.4. The Kier molecular flexibility index (Phi) is 9.14. The third-order valence-electron chi connectivity index (χ3n) is 7.51. The lowest BCUT2D eigenvalue weighted by molar-refractivity contribution is -0.151. The van der Waals surface area contributed by atoms with E-state index in [9.17, 15) is 42.0 Å². The van der Waals surface area contributed by atoms with E-state index in [0.717, 1.165) is 9.78 Å². The molecular weight excluding hydrogens is 701 g/mol. The number of imidazole rings is 1. The number of amides is 3. The average Bonchev–Trinajstić information content (AvgIpc) is 3.78. The number of hydrogen-bond donors (Lipinski definition) is 5. The molecule has 6 atom stereocenters. The van der Waals surface area contributed by atoms with Crippen molar-refractivity contribution >= 4 is 73.3 Å². The van der Waals surface area contributed by atoms with E-state index in [1.54, 1.807) is 17.5 Å². The van der Waals surface area contributed by atoms with Crippen molar-refractivity contribution in [2.24, 2.45) is 0 Å². The van der Waals surface area contributed by atoms with Gasteiger partial charge in [0.25, 0.3) is 5.91 Å². The predicted octanol–water partition coefficient (Wildman–Crippen LogP) is -1.90. The molecule has 256 valence electrons. The van der Waals surface area contributed by atoms with Crippen molar-refractivity contribution in [3.05, 3.63) is 46.3 Å².